The Hall–Kier alpha value is -1.12. The zero-order valence-corrected chi connectivity index (χ0v) is 17.8. The van der Waals surface area contributed by atoms with Crippen molar-refractivity contribution in [3.8, 4) is 0 Å². The van der Waals surface area contributed by atoms with Crippen LogP contribution in [0.2, 0.25) is 0 Å². The van der Waals surface area contributed by atoms with Gasteiger partial charge in [0.2, 0.25) is 0 Å². The lowest BCUT2D eigenvalue weighted by Crippen LogP contribution is -2.44. The third-order valence-corrected chi connectivity index (χ3v) is 5.34. The highest BCUT2D eigenvalue weighted by Gasteiger charge is 2.24. The number of hydrogen-bond acceptors (Lipinski definition) is 3. The summed E-state index contributed by atoms with van der Waals surface area (Å²) in [6.45, 7) is 3.99. The number of nitrogens with zero attached hydrogens (tertiary/aromatic N) is 2. The van der Waals surface area contributed by atoms with E-state index in [-0.39, 0.29) is 24.0 Å². The van der Waals surface area contributed by atoms with Crippen molar-refractivity contribution in [1.29, 1.82) is 0 Å². The van der Waals surface area contributed by atoms with Gasteiger partial charge in [0.15, 0.2) is 5.96 Å². The van der Waals surface area contributed by atoms with Crippen LogP contribution in [0, 0.1) is 0 Å². The van der Waals surface area contributed by atoms with Crippen LogP contribution in [-0.2, 0) is 13.1 Å². The molecule has 0 spiro atoms. The van der Waals surface area contributed by atoms with Crippen LogP contribution in [0.15, 0.2) is 52.8 Å². The van der Waals surface area contributed by atoms with Crippen molar-refractivity contribution in [2.75, 3.05) is 20.1 Å². The van der Waals surface area contributed by atoms with Gasteiger partial charge in [0.25, 0.3) is 0 Å². The van der Waals surface area contributed by atoms with Crippen molar-refractivity contribution >= 4 is 41.3 Å². The van der Waals surface area contributed by atoms with Crippen LogP contribution in [0.25, 0.3) is 0 Å². The SMILES string of the molecule is CN=C(NCc1cccs1)NCC1CCCN1Cc1ccccc1.I. The molecule has 136 valence electrons. The quantitative estimate of drug-likeness (QED) is 0.384. The second kappa shape index (κ2) is 10.8. The predicted octanol–water partition coefficient (Wildman–Crippen LogP) is 3.70. The number of aliphatic imine (C=N–C) groups is 1. The highest BCUT2D eigenvalue weighted by Crippen LogP contribution is 2.19. The van der Waals surface area contributed by atoms with Gasteiger partial charge >= 0.3 is 0 Å². The first-order chi connectivity index (χ1) is 11.8. The molecule has 1 aliphatic rings. The molecule has 1 aliphatic heterocycles. The summed E-state index contributed by atoms with van der Waals surface area (Å²) in [5.41, 5.74) is 1.39. The minimum Gasteiger partial charge on any atom is -0.355 e. The molecule has 3 rings (SSSR count). The fourth-order valence-corrected chi connectivity index (χ4v) is 3.82. The van der Waals surface area contributed by atoms with E-state index in [0.717, 1.165) is 25.6 Å². The van der Waals surface area contributed by atoms with E-state index in [1.165, 1.54) is 29.8 Å². The first-order valence-electron chi connectivity index (χ1n) is 8.60. The van der Waals surface area contributed by atoms with E-state index in [2.05, 4.69) is 68.4 Å². The maximum atomic E-state index is 4.34. The number of guanidine groups is 1. The monoisotopic (exact) mass is 470 g/mol. The molecule has 1 saturated heterocycles. The molecule has 1 unspecified atom stereocenters. The Kier molecular flexibility index (Phi) is 8.71. The van der Waals surface area contributed by atoms with Crippen molar-refractivity contribution in [3.05, 3.63) is 58.3 Å². The second-order valence-electron chi connectivity index (χ2n) is 6.14. The van der Waals surface area contributed by atoms with Crippen LogP contribution in [0.5, 0.6) is 0 Å². The van der Waals surface area contributed by atoms with Crippen molar-refractivity contribution in [2.45, 2.75) is 32.0 Å². The third kappa shape index (κ3) is 6.27. The lowest BCUT2D eigenvalue weighted by atomic mass is 10.2. The Bertz CT molecular complexity index is 630. The summed E-state index contributed by atoms with van der Waals surface area (Å²) >= 11 is 1.77. The lowest BCUT2D eigenvalue weighted by molar-refractivity contribution is 0.245. The minimum atomic E-state index is 0. The first-order valence-corrected chi connectivity index (χ1v) is 9.48. The molecule has 1 atom stereocenters. The molecule has 0 amide bonds. The third-order valence-electron chi connectivity index (χ3n) is 4.47. The summed E-state index contributed by atoms with van der Waals surface area (Å²) in [5.74, 6) is 0.884. The molecule has 0 radical (unpaired) electrons. The Balaban J connectivity index is 0.00000225. The van der Waals surface area contributed by atoms with Gasteiger partial charge in [-0.2, -0.15) is 0 Å². The number of nitrogens with one attached hydrogen (secondary N) is 2. The summed E-state index contributed by atoms with van der Waals surface area (Å²) in [6.07, 6.45) is 2.53. The molecular formula is C19H27IN4S. The molecule has 2 heterocycles. The molecule has 4 nitrogen and oxygen atoms in total. The summed E-state index contributed by atoms with van der Waals surface area (Å²) < 4.78 is 0. The van der Waals surface area contributed by atoms with E-state index >= 15 is 0 Å². The molecule has 1 aromatic carbocycles. The Morgan fingerprint density at radius 2 is 2.04 bits per heavy atom. The molecular weight excluding hydrogens is 443 g/mol. The molecule has 0 bridgehead atoms. The zero-order chi connectivity index (χ0) is 16.6. The van der Waals surface area contributed by atoms with Gasteiger partial charge in [-0.3, -0.25) is 9.89 Å². The number of rotatable bonds is 6. The summed E-state index contributed by atoms with van der Waals surface area (Å²) in [7, 11) is 1.83. The van der Waals surface area contributed by atoms with E-state index in [1.807, 2.05) is 7.05 Å². The maximum Gasteiger partial charge on any atom is 0.191 e. The molecule has 0 saturated carbocycles. The number of hydrogen-bond donors (Lipinski definition) is 2. The average molecular weight is 470 g/mol. The summed E-state index contributed by atoms with van der Waals surface area (Å²) in [4.78, 5) is 8.24. The molecule has 0 aliphatic carbocycles. The zero-order valence-electron chi connectivity index (χ0n) is 14.6. The van der Waals surface area contributed by atoms with E-state index in [0.29, 0.717) is 6.04 Å². The van der Waals surface area contributed by atoms with Crippen LogP contribution >= 0.6 is 35.3 Å². The van der Waals surface area contributed by atoms with Gasteiger partial charge in [0, 0.05) is 31.1 Å². The van der Waals surface area contributed by atoms with E-state index in [4.69, 9.17) is 0 Å². The highest BCUT2D eigenvalue weighted by atomic mass is 127. The highest BCUT2D eigenvalue weighted by molar-refractivity contribution is 14.0. The molecule has 1 aromatic heterocycles. The number of benzene rings is 1. The minimum absolute atomic E-state index is 0. The number of likely N-dealkylation sites (tertiary alicyclic amines) is 1. The largest absolute Gasteiger partial charge is 0.355 e. The van der Waals surface area contributed by atoms with Gasteiger partial charge in [-0.05, 0) is 36.4 Å². The lowest BCUT2D eigenvalue weighted by Gasteiger charge is -2.25. The normalized spacial score (nSPS) is 18.0. The maximum absolute atomic E-state index is 4.34. The van der Waals surface area contributed by atoms with E-state index in [1.54, 1.807) is 11.3 Å². The predicted molar refractivity (Wildman–Crippen MR) is 118 cm³/mol. The van der Waals surface area contributed by atoms with Crippen LogP contribution in [-0.4, -0.2) is 37.0 Å². The van der Waals surface area contributed by atoms with Crippen molar-refractivity contribution < 1.29 is 0 Å². The fourth-order valence-electron chi connectivity index (χ4n) is 3.17. The number of thiophene rings is 1. The van der Waals surface area contributed by atoms with E-state index in [9.17, 15) is 0 Å². The van der Waals surface area contributed by atoms with Crippen molar-refractivity contribution in [1.82, 2.24) is 15.5 Å². The van der Waals surface area contributed by atoms with Crippen LogP contribution in [0.4, 0.5) is 0 Å². The van der Waals surface area contributed by atoms with Gasteiger partial charge in [0.1, 0.15) is 0 Å². The van der Waals surface area contributed by atoms with Crippen LogP contribution < -0.4 is 10.6 Å². The second-order valence-corrected chi connectivity index (χ2v) is 7.17. The fraction of sp³-hybridized carbons (Fsp3) is 0.421. The Labute approximate surface area is 171 Å². The van der Waals surface area contributed by atoms with Gasteiger partial charge in [0.05, 0.1) is 6.54 Å². The van der Waals surface area contributed by atoms with Gasteiger partial charge < -0.3 is 10.6 Å². The van der Waals surface area contributed by atoms with Crippen LogP contribution in [0.1, 0.15) is 23.3 Å². The number of halogens is 1. The van der Waals surface area contributed by atoms with E-state index < -0.39 is 0 Å². The van der Waals surface area contributed by atoms with Crippen molar-refractivity contribution in [2.24, 2.45) is 4.99 Å². The average Bonchev–Trinajstić information content (AvgIpc) is 3.28. The van der Waals surface area contributed by atoms with Crippen molar-refractivity contribution in [3.63, 3.8) is 0 Å². The molecule has 1 fully saturated rings. The molecule has 6 heteroatoms. The Morgan fingerprint density at radius 3 is 2.76 bits per heavy atom. The molecule has 2 N–H and O–H groups in total. The van der Waals surface area contributed by atoms with Gasteiger partial charge in [-0.15, -0.1) is 35.3 Å². The summed E-state index contributed by atoms with van der Waals surface area (Å²) in [5, 5.41) is 8.99. The van der Waals surface area contributed by atoms with Gasteiger partial charge in [-0.1, -0.05) is 36.4 Å². The molecule has 2 aromatic rings. The summed E-state index contributed by atoms with van der Waals surface area (Å²) in [6, 6.07) is 15.5. The Morgan fingerprint density at radius 1 is 1.20 bits per heavy atom. The van der Waals surface area contributed by atoms with Crippen LogP contribution in [0.3, 0.4) is 0 Å². The first kappa shape index (κ1) is 20.2. The topological polar surface area (TPSA) is 39.7 Å². The standard InChI is InChI=1S/C19H26N4S.HI/c1-20-19(22-14-18-10-6-12-24-18)21-13-17-9-5-11-23(17)15-16-7-3-2-4-8-16;/h2-4,6-8,10,12,17H,5,9,11,13-15H2,1H3,(H2,20,21,22);1H. The molecule has 25 heavy (non-hydrogen) atoms. The smallest absolute Gasteiger partial charge is 0.191 e. The van der Waals surface area contributed by atoms with Gasteiger partial charge in [-0.25, -0.2) is 0 Å².